The van der Waals surface area contributed by atoms with Crippen LogP contribution in [0.5, 0.6) is 0 Å². The zero-order valence-corrected chi connectivity index (χ0v) is 10.3. The summed E-state index contributed by atoms with van der Waals surface area (Å²) in [5.74, 6) is -0.180. The molecule has 0 spiro atoms. The van der Waals surface area contributed by atoms with E-state index >= 15 is 0 Å². The molecule has 2 N–H and O–H groups in total. The van der Waals surface area contributed by atoms with Crippen LogP contribution in [0.2, 0.25) is 0 Å². The third kappa shape index (κ3) is 3.89. The molecule has 1 aromatic rings. The molecule has 100 valence electrons. The lowest BCUT2D eigenvalue weighted by Crippen LogP contribution is -2.34. The number of nitro benzene ring substituents is 1. The number of hydrogen-bond acceptors (Lipinski definition) is 4. The van der Waals surface area contributed by atoms with E-state index < -0.39 is 4.92 Å². The van der Waals surface area contributed by atoms with E-state index in [0.29, 0.717) is 5.56 Å². The van der Waals surface area contributed by atoms with Gasteiger partial charge in [-0.1, -0.05) is 12.1 Å². The first-order valence-electron chi connectivity index (χ1n) is 6.09. The van der Waals surface area contributed by atoms with Gasteiger partial charge in [0.1, 0.15) is 0 Å². The summed E-state index contributed by atoms with van der Waals surface area (Å²) in [6.07, 6.45) is 3.90. The van der Waals surface area contributed by atoms with Crippen molar-refractivity contribution in [3.05, 3.63) is 46.0 Å². The molecule has 0 unspecified atom stereocenters. The maximum atomic E-state index is 11.6. The largest absolute Gasteiger partial charge is 0.348 e. The Morgan fingerprint density at radius 3 is 3.05 bits per heavy atom. The molecule has 0 aliphatic carbocycles. The van der Waals surface area contributed by atoms with Crippen molar-refractivity contribution in [2.45, 2.75) is 12.5 Å². The van der Waals surface area contributed by atoms with Gasteiger partial charge in [-0.2, -0.15) is 0 Å². The van der Waals surface area contributed by atoms with E-state index in [-0.39, 0.29) is 17.6 Å². The number of carbonyl (C=O) groups is 1. The van der Waals surface area contributed by atoms with Crippen LogP contribution in [0.3, 0.4) is 0 Å². The summed E-state index contributed by atoms with van der Waals surface area (Å²) in [6.45, 7) is 1.70. The van der Waals surface area contributed by atoms with Gasteiger partial charge in [0.05, 0.1) is 4.92 Å². The Hall–Kier alpha value is -2.21. The molecule has 19 heavy (non-hydrogen) atoms. The standard InChI is InChI=1S/C13H15N3O3/c17-13(15-11-6-7-14-9-11)5-4-10-2-1-3-12(8-10)16(18)19/h1-5,8,11,14H,6-7,9H2,(H,15,17)/t11-/m0/s1. The molecule has 1 aliphatic heterocycles. The maximum absolute atomic E-state index is 11.6. The van der Waals surface area contributed by atoms with Crippen LogP contribution in [0.25, 0.3) is 6.08 Å². The van der Waals surface area contributed by atoms with Crippen LogP contribution in [0.15, 0.2) is 30.3 Å². The Labute approximate surface area is 110 Å². The minimum atomic E-state index is -0.457. The third-order valence-corrected chi connectivity index (χ3v) is 2.91. The van der Waals surface area contributed by atoms with Crippen molar-refractivity contribution >= 4 is 17.7 Å². The molecule has 1 aromatic carbocycles. The molecule has 1 saturated heterocycles. The van der Waals surface area contributed by atoms with E-state index in [0.717, 1.165) is 19.5 Å². The second-order valence-corrected chi connectivity index (χ2v) is 4.38. The average Bonchev–Trinajstić information content (AvgIpc) is 2.89. The number of nitrogens with zero attached hydrogens (tertiary/aromatic N) is 1. The highest BCUT2D eigenvalue weighted by atomic mass is 16.6. The van der Waals surface area contributed by atoms with E-state index in [4.69, 9.17) is 0 Å². The van der Waals surface area contributed by atoms with Crippen molar-refractivity contribution in [3.63, 3.8) is 0 Å². The number of benzene rings is 1. The van der Waals surface area contributed by atoms with Gasteiger partial charge in [-0.25, -0.2) is 0 Å². The molecule has 1 aliphatic rings. The first kappa shape index (κ1) is 13.2. The highest BCUT2D eigenvalue weighted by Crippen LogP contribution is 2.14. The van der Waals surface area contributed by atoms with Crippen molar-refractivity contribution in [1.82, 2.24) is 10.6 Å². The molecule has 6 heteroatoms. The topological polar surface area (TPSA) is 84.3 Å². The first-order valence-corrected chi connectivity index (χ1v) is 6.09. The predicted octanol–water partition coefficient (Wildman–Crippen LogP) is 1.09. The molecule has 1 heterocycles. The summed E-state index contributed by atoms with van der Waals surface area (Å²) in [7, 11) is 0. The molecular formula is C13H15N3O3. The van der Waals surface area contributed by atoms with Gasteiger partial charge in [0.25, 0.3) is 5.69 Å². The molecule has 0 saturated carbocycles. The summed E-state index contributed by atoms with van der Waals surface area (Å²) in [4.78, 5) is 21.8. The summed E-state index contributed by atoms with van der Waals surface area (Å²) >= 11 is 0. The fraction of sp³-hybridized carbons (Fsp3) is 0.308. The van der Waals surface area contributed by atoms with E-state index in [1.807, 2.05) is 0 Å². The van der Waals surface area contributed by atoms with Crippen molar-refractivity contribution in [2.75, 3.05) is 13.1 Å². The minimum Gasteiger partial charge on any atom is -0.348 e. The summed E-state index contributed by atoms with van der Waals surface area (Å²) < 4.78 is 0. The highest BCUT2D eigenvalue weighted by Gasteiger charge is 2.15. The van der Waals surface area contributed by atoms with Crippen molar-refractivity contribution < 1.29 is 9.72 Å². The van der Waals surface area contributed by atoms with Gasteiger partial charge in [0.15, 0.2) is 0 Å². The number of non-ortho nitro benzene ring substituents is 1. The van der Waals surface area contributed by atoms with Gasteiger partial charge in [-0.3, -0.25) is 14.9 Å². The minimum absolute atomic E-state index is 0.0163. The Kier molecular flexibility index (Phi) is 4.25. The second kappa shape index (κ2) is 6.10. The molecule has 0 radical (unpaired) electrons. The Morgan fingerprint density at radius 2 is 2.37 bits per heavy atom. The molecule has 6 nitrogen and oxygen atoms in total. The van der Waals surface area contributed by atoms with Crippen LogP contribution >= 0.6 is 0 Å². The number of rotatable bonds is 4. The van der Waals surface area contributed by atoms with E-state index in [9.17, 15) is 14.9 Å². The summed E-state index contributed by atoms with van der Waals surface area (Å²) in [5.41, 5.74) is 0.649. The number of amides is 1. The number of hydrogen-bond donors (Lipinski definition) is 2. The average molecular weight is 261 g/mol. The lowest BCUT2D eigenvalue weighted by molar-refractivity contribution is -0.384. The first-order chi connectivity index (χ1) is 9.15. The van der Waals surface area contributed by atoms with Crippen molar-refractivity contribution in [3.8, 4) is 0 Å². The lowest BCUT2D eigenvalue weighted by Gasteiger charge is -2.08. The van der Waals surface area contributed by atoms with Crippen LogP contribution in [0, 0.1) is 10.1 Å². The van der Waals surface area contributed by atoms with Crippen LogP contribution in [0.1, 0.15) is 12.0 Å². The van der Waals surface area contributed by atoms with E-state index in [1.165, 1.54) is 18.2 Å². The van der Waals surface area contributed by atoms with Gasteiger partial charge >= 0.3 is 0 Å². The molecule has 0 aromatic heterocycles. The van der Waals surface area contributed by atoms with Crippen molar-refractivity contribution in [2.24, 2.45) is 0 Å². The predicted molar refractivity (Wildman–Crippen MR) is 71.5 cm³/mol. The Bertz CT molecular complexity index is 508. The highest BCUT2D eigenvalue weighted by molar-refractivity contribution is 5.92. The fourth-order valence-corrected chi connectivity index (χ4v) is 1.94. The quantitative estimate of drug-likeness (QED) is 0.482. The number of carbonyl (C=O) groups excluding carboxylic acids is 1. The Balaban J connectivity index is 1.95. The van der Waals surface area contributed by atoms with E-state index in [2.05, 4.69) is 10.6 Å². The normalized spacial score (nSPS) is 18.6. The van der Waals surface area contributed by atoms with Crippen LogP contribution in [-0.2, 0) is 4.79 Å². The van der Waals surface area contributed by atoms with Gasteiger partial charge < -0.3 is 10.6 Å². The zero-order valence-electron chi connectivity index (χ0n) is 10.3. The molecule has 1 amide bonds. The maximum Gasteiger partial charge on any atom is 0.270 e. The number of nitro groups is 1. The Morgan fingerprint density at radius 1 is 1.53 bits per heavy atom. The smallest absolute Gasteiger partial charge is 0.270 e. The van der Waals surface area contributed by atoms with Crippen LogP contribution < -0.4 is 10.6 Å². The van der Waals surface area contributed by atoms with Gasteiger partial charge in [-0.05, 0) is 24.6 Å². The van der Waals surface area contributed by atoms with E-state index in [1.54, 1.807) is 18.2 Å². The third-order valence-electron chi connectivity index (χ3n) is 2.91. The summed E-state index contributed by atoms with van der Waals surface area (Å²) in [5, 5.41) is 16.6. The van der Waals surface area contributed by atoms with Gasteiger partial charge in [0.2, 0.25) is 5.91 Å². The SMILES string of the molecule is O=C(C=Cc1cccc([N+](=O)[O-])c1)N[C@H]1CCNC1. The molecule has 1 fully saturated rings. The monoisotopic (exact) mass is 261 g/mol. The molecular weight excluding hydrogens is 246 g/mol. The molecule has 0 bridgehead atoms. The van der Waals surface area contributed by atoms with Crippen LogP contribution in [0.4, 0.5) is 5.69 Å². The molecule has 1 atom stereocenters. The lowest BCUT2D eigenvalue weighted by atomic mass is 10.2. The summed E-state index contributed by atoms with van der Waals surface area (Å²) in [6, 6.07) is 6.33. The van der Waals surface area contributed by atoms with Crippen LogP contribution in [-0.4, -0.2) is 30.0 Å². The fourth-order valence-electron chi connectivity index (χ4n) is 1.94. The second-order valence-electron chi connectivity index (χ2n) is 4.38. The molecule has 2 rings (SSSR count). The zero-order chi connectivity index (χ0) is 13.7. The number of nitrogens with one attached hydrogen (secondary N) is 2. The van der Waals surface area contributed by atoms with Gasteiger partial charge in [-0.15, -0.1) is 0 Å². The van der Waals surface area contributed by atoms with Crippen molar-refractivity contribution in [1.29, 1.82) is 0 Å². The van der Waals surface area contributed by atoms with Gasteiger partial charge in [0, 0.05) is 30.8 Å².